The van der Waals surface area contributed by atoms with Crippen LogP contribution in [0, 0.1) is 11.3 Å². The summed E-state index contributed by atoms with van der Waals surface area (Å²) in [6.45, 7) is 0. The van der Waals surface area contributed by atoms with Crippen molar-refractivity contribution in [3.63, 3.8) is 0 Å². The molecule has 0 saturated heterocycles. The number of aromatic amines is 2. The third-order valence-electron chi connectivity index (χ3n) is 2.72. The number of nitriles is 1. The fourth-order valence-corrected chi connectivity index (χ4v) is 1.89. The van der Waals surface area contributed by atoms with E-state index < -0.39 is 5.69 Å². The Morgan fingerprint density at radius 1 is 1.32 bits per heavy atom. The van der Waals surface area contributed by atoms with Crippen LogP contribution in [0.15, 0.2) is 41.3 Å². The van der Waals surface area contributed by atoms with E-state index in [-0.39, 0.29) is 5.69 Å². The molecule has 0 aliphatic rings. The van der Waals surface area contributed by atoms with Gasteiger partial charge in [-0.2, -0.15) is 10.2 Å². The summed E-state index contributed by atoms with van der Waals surface area (Å²) < 4.78 is 0. The van der Waals surface area contributed by atoms with Crippen LogP contribution in [0.25, 0.3) is 10.9 Å². The molecule has 1 aromatic carbocycles. The second-order valence-corrected chi connectivity index (χ2v) is 3.97. The first-order chi connectivity index (χ1) is 9.26. The zero-order valence-electron chi connectivity index (χ0n) is 9.77. The highest BCUT2D eigenvalue weighted by atomic mass is 16.1. The smallest absolute Gasteiger partial charge is 0.347 e. The van der Waals surface area contributed by atoms with Crippen LogP contribution in [0.2, 0.25) is 0 Å². The maximum absolute atomic E-state index is 11.3. The van der Waals surface area contributed by atoms with E-state index in [1.165, 1.54) is 6.07 Å². The molecule has 6 nitrogen and oxygen atoms in total. The number of para-hydroxylation sites is 1. The molecule has 0 aliphatic carbocycles. The average Bonchev–Trinajstić information content (AvgIpc) is 2.82. The molecule has 3 rings (SSSR count). The number of hydrogen-bond acceptors (Lipinski definition) is 4. The molecule has 0 radical (unpaired) electrons. The maximum Gasteiger partial charge on any atom is 0.347 e. The maximum atomic E-state index is 11.3. The Bertz CT molecular complexity index is 840. The summed E-state index contributed by atoms with van der Waals surface area (Å²) in [6, 6.07) is 11.1. The van der Waals surface area contributed by atoms with Crippen molar-refractivity contribution in [3.05, 3.63) is 52.7 Å². The van der Waals surface area contributed by atoms with Crippen LogP contribution in [-0.2, 0) is 0 Å². The minimum atomic E-state index is -0.554. The number of anilines is 2. The first kappa shape index (κ1) is 11.0. The fourth-order valence-electron chi connectivity index (χ4n) is 1.89. The summed E-state index contributed by atoms with van der Waals surface area (Å²) in [5, 5.41) is 12.8. The Hall–Kier alpha value is -3.07. The highest BCUT2D eigenvalue weighted by molar-refractivity contribution is 5.93. The van der Waals surface area contributed by atoms with Crippen LogP contribution >= 0.6 is 0 Å². The molecule has 0 spiro atoms. The van der Waals surface area contributed by atoms with E-state index >= 15 is 0 Å². The molecular formula is C13H9N5O. The molecule has 0 fully saturated rings. The molecule has 19 heavy (non-hydrogen) atoms. The lowest BCUT2D eigenvalue weighted by Crippen LogP contribution is -2.13. The summed E-state index contributed by atoms with van der Waals surface area (Å²) in [7, 11) is 0. The van der Waals surface area contributed by atoms with Crippen molar-refractivity contribution < 1.29 is 0 Å². The topological polar surface area (TPSA) is 97.4 Å². The fraction of sp³-hybridized carbons (Fsp3) is 0. The molecule has 92 valence electrons. The van der Waals surface area contributed by atoms with Crippen LogP contribution in [-0.4, -0.2) is 15.0 Å². The standard InChI is InChI=1S/C13H9N5O/c14-6-8-5-12(18-13(19)16-8)17-11-7-15-10-4-2-1-3-9(10)11/h1-5,7,15H,(H2,16,17,18,19). The van der Waals surface area contributed by atoms with Crippen LogP contribution < -0.4 is 11.0 Å². The Balaban J connectivity index is 2.04. The van der Waals surface area contributed by atoms with Crippen LogP contribution in [0.4, 0.5) is 11.5 Å². The van der Waals surface area contributed by atoms with Crippen molar-refractivity contribution in [2.24, 2.45) is 0 Å². The van der Waals surface area contributed by atoms with Crippen molar-refractivity contribution in [3.8, 4) is 6.07 Å². The van der Waals surface area contributed by atoms with E-state index in [1.807, 2.05) is 30.3 Å². The van der Waals surface area contributed by atoms with Gasteiger partial charge >= 0.3 is 5.69 Å². The normalized spacial score (nSPS) is 10.3. The van der Waals surface area contributed by atoms with E-state index in [2.05, 4.69) is 20.3 Å². The van der Waals surface area contributed by atoms with Gasteiger partial charge in [0.1, 0.15) is 17.6 Å². The Kier molecular flexibility index (Phi) is 2.50. The van der Waals surface area contributed by atoms with Gasteiger partial charge in [-0.3, -0.25) is 4.98 Å². The molecule has 0 unspecified atom stereocenters. The van der Waals surface area contributed by atoms with Gasteiger partial charge in [0.25, 0.3) is 0 Å². The number of nitrogens with one attached hydrogen (secondary N) is 3. The number of benzene rings is 1. The number of fused-ring (bicyclic) bond motifs is 1. The van der Waals surface area contributed by atoms with E-state index in [0.717, 1.165) is 16.6 Å². The number of hydrogen-bond donors (Lipinski definition) is 3. The van der Waals surface area contributed by atoms with Gasteiger partial charge in [0.2, 0.25) is 0 Å². The molecule has 0 amide bonds. The second-order valence-electron chi connectivity index (χ2n) is 3.97. The van der Waals surface area contributed by atoms with Crippen molar-refractivity contribution in [2.45, 2.75) is 0 Å². The largest absolute Gasteiger partial charge is 0.359 e. The first-order valence-electron chi connectivity index (χ1n) is 5.61. The van der Waals surface area contributed by atoms with Gasteiger partial charge in [0, 0.05) is 23.2 Å². The average molecular weight is 251 g/mol. The van der Waals surface area contributed by atoms with Crippen LogP contribution in [0.5, 0.6) is 0 Å². The predicted molar refractivity (Wildman–Crippen MR) is 71.2 cm³/mol. The summed E-state index contributed by atoms with van der Waals surface area (Å²) in [5.41, 5.74) is 1.40. The monoisotopic (exact) mass is 251 g/mol. The highest BCUT2D eigenvalue weighted by Gasteiger charge is 2.05. The van der Waals surface area contributed by atoms with Gasteiger partial charge in [-0.05, 0) is 6.07 Å². The molecule has 3 N–H and O–H groups in total. The van der Waals surface area contributed by atoms with Crippen molar-refractivity contribution in [1.82, 2.24) is 15.0 Å². The summed E-state index contributed by atoms with van der Waals surface area (Å²) in [5.74, 6) is 0.338. The number of rotatable bonds is 2. The van der Waals surface area contributed by atoms with E-state index in [4.69, 9.17) is 5.26 Å². The van der Waals surface area contributed by atoms with Gasteiger partial charge < -0.3 is 10.3 Å². The Labute approximate surface area is 107 Å². The first-order valence-corrected chi connectivity index (χ1v) is 5.61. The van der Waals surface area contributed by atoms with E-state index in [0.29, 0.717) is 5.82 Å². The third-order valence-corrected chi connectivity index (χ3v) is 2.72. The molecule has 3 aromatic rings. The van der Waals surface area contributed by atoms with Crippen molar-refractivity contribution in [2.75, 3.05) is 5.32 Å². The quantitative estimate of drug-likeness (QED) is 0.647. The van der Waals surface area contributed by atoms with Crippen molar-refractivity contribution >= 4 is 22.4 Å². The summed E-state index contributed by atoms with van der Waals surface area (Å²) in [4.78, 5) is 20.5. The SMILES string of the molecule is N#Cc1cc(Nc2c[nH]c3ccccc23)nc(=O)[nH]1. The summed E-state index contributed by atoms with van der Waals surface area (Å²) >= 11 is 0. The minimum Gasteiger partial charge on any atom is -0.359 e. The second kappa shape index (κ2) is 4.31. The van der Waals surface area contributed by atoms with Crippen LogP contribution in [0.1, 0.15) is 5.69 Å². The van der Waals surface area contributed by atoms with Gasteiger partial charge in [-0.25, -0.2) is 4.79 Å². The number of aromatic nitrogens is 3. The van der Waals surface area contributed by atoms with E-state index in [9.17, 15) is 4.79 Å². The number of H-pyrrole nitrogens is 2. The van der Waals surface area contributed by atoms with Gasteiger partial charge in [0.15, 0.2) is 0 Å². The summed E-state index contributed by atoms with van der Waals surface area (Å²) in [6.07, 6.45) is 1.79. The molecule has 2 heterocycles. The lowest BCUT2D eigenvalue weighted by Gasteiger charge is -2.03. The molecule has 6 heteroatoms. The third kappa shape index (κ3) is 2.05. The van der Waals surface area contributed by atoms with Crippen molar-refractivity contribution in [1.29, 1.82) is 5.26 Å². The molecular weight excluding hydrogens is 242 g/mol. The predicted octanol–water partition coefficient (Wildman–Crippen LogP) is 1.87. The van der Waals surface area contributed by atoms with Gasteiger partial charge in [-0.15, -0.1) is 0 Å². The Morgan fingerprint density at radius 3 is 3.00 bits per heavy atom. The van der Waals surface area contributed by atoms with Gasteiger partial charge in [0.05, 0.1) is 5.69 Å². The van der Waals surface area contributed by atoms with Gasteiger partial charge in [-0.1, -0.05) is 18.2 Å². The molecule has 2 aromatic heterocycles. The zero-order valence-corrected chi connectivity index (χ0v) is 9.77. The molecule has 0 atom stereocenters. The lowest BCUT2D eigenvalue weighted by molar-refractivity contribution is 1.06. The number of nitrogens with zero attached hydrogens (tertiary/aromatic N) is 2. The van der Waals surface area contributed by atoms with E-state index in [1.54, 1.807) is 6.20 Å². The minimum absolute atomic E-state index is 0.169. The molecule has 0 aliphatic heterocycles. The Morgan fingerprint density at radius 2 is 2.16 bits per heavy atom. The highest BCUT2D eigenvalue weighted by Crippen LogP contribution is 2.24. The zero-order chi connectivity index (χ0) is 13.2. The molecule has 0 saturated carbocycles. The molecule has 0 bridgehead atoms. The van der Waals surface area contributed by atoms with Crippen LogP contribution in [0.3, 0.4) is 0 Å². The lowest BCUT2D eigenvalue weighted by atomic mass is 10.2.